The number of hydrogen-bond acceptors (Lipinski definition) is 2. The quantitative estimate of drug-likeness (QED) is 0.658. The Morgan fingerprint density at radius 3 is 2.41 bits per heavy atom. The number of anilines is 1. The second kappa shape index (κ2) is 8.14. The largest absolute Gasteiger partial charge is 0.330 e. The molecule has 0 bridgehead atoms. The van der Waals surface area contributed by atoms with Gasteiger partial charge in [0.05, 0.1) is 0 Å². The van der Waals surface area contributed by atoms with Crippen molar-refractivity contribution in [3.63, 3.8) is 0 Å². The van der Waals surface area contributed by atoms with Gasteiger partial charge in [-0.2, -0.15) is 0 Å². The molecule has 3 aromatic rings. The lowest BCUT2D eigenvalue weighted by Gasteiger charge is -2.18. The molecular weight excluding hydrogens is 336 g/mol. The van der Waals surface area contributed by atoms with Crippen LogP contribution in [0.25, 0.3) is 10.8 Å². The lowest BCUT2D eigenvalue weighted by molar-refractivity contribution is -0.709. The minimum absolute atomic E-state index is 0.0183. The summed E-state index contributed by atoms with van der Waals surface area (Å²) >= 11 is 0. The van der Waals surface area contributed by atoms with Crippen molar-refractivity contribution in [3.8, 4) is 0 Å². The van der Waals surface area contributed by atoms with Gasteiger partial charge < -0.3 is 10.6 Å². The molecule has 0 heterocycles. The molecular formula is C23H25N2O2+. The van der Waals surface area contributed by atoms with Gasteiger partial charge in [-0.3, -0.25) is 9.59 Å². The number of amides is 1. The van der Waals surface area contributed by atoms with Crippen molar-refractivity contribution < 1.29 is 14.9 Å². The molecule has 0 aromatic heterocycles. The second-order valence-corrected chi connectivity index (χ2v) is 6.96. The Morgan fingerprint density at radius 1 is 0.926 bits per heavy atom. The number of nitrogens with two attached hydrogens (primary N) is 1. The van der Waals surface area contributed by atoms with E-state index in [1.54, 1.807) is 24.3 Å². The van der Waals surface area contributed by atoms with Crippen molar-refractivity contribution in [1.82, 2.24) is 0 Å². The number of rotatable bonds is 6. The van der Waals surface area contributed by atoms with Crippen LogP contribution < -0.4 is 10.6 Å². The molecule has 1 amide bonds. The number of ketones is 1. The highest BCUT2D eigenvalue weighted by Gasteiger charge is 2.21. The molecule has 138 valence electrons. The maximum absolute atomic E-state index is 12.6. The average Bonchev–Trinajstić information content (AvgIpc) is 2.67. The average molecular weight is 361 g/mol. The molecule has 0 aliphatic rings. The van der Waals surface area contributed by atoms with E-state index in [1.165, 1.54) is 23.3 Å². The van der Waals surface area contributed by atoms with Crippen LogP contribution in [0.3, 0.4) is 0 Å². The fourth-order valence-electron chi connectivity index (χ4n) is 3.34. The van der Waals surface area contributed by atoms with Gasteiger partial charge in [0.15, 0.2) is 11.8 Å². The number of nitrogens with one attached hydrogen (secondary N) is 1. The summed E-state index contributed by atoms with van der Waals surface area (Å²) in [5.41, 5.74) is 2.45. The molecule has 0 saturated heterocycles. The number of Topliss-reactive ketones (excluding diaryl/α,β-unsaturated/α-hetero) is 1. The van der Waals surface area contributed by atoms with Crippen LogP contribution in [-0.2, 0) is 4.79 Å². The van der Waals surface area contributed by atoms with Crippen molar-refractivity contribution in [2.75, 3.05) is 5.32 Å². The third kappa shape index (κ3) is 4.41. The van der Waals surface area contributed by atoms with Gasteiger partial charge in [0.25, 0.3) is 5.91 Å². The van der Waals surface area contributed by atoms with E-state index in [1.807, 2.05) is 19.1 Å². The lowest BCUT2D eigenvalue weighted by atomic mass is 9.99. The fraction of sp³-hybridized carbons (Fsp3) is 0.217. The van der Waals surface area contributed by atoms with Crippen LogP contribution in [-0.4, -0.2) is 17.7 Å². The molecule has 0 saturated carbocycles. The normalized spacial score (nSPS) is 13.1. The Morgan fingerprint density at radius 2 is 1.63 bits per heavy atom. The Bertz CT molecular complexity index is 976. The zero-order valence-corrected chi connectivity index (χ0v) is 15.9. The third-order valence-electron chi connectivity index (χ3n) is 4.84. The molecule has 0 fully saturated rings. The predicted octanol–water partition coefficient (Wildman–Crippen LogP) is 3.69. The first-order valence-corrected chi connectivity index (χ1v) is 9.20. The van der Waals surface area contributed by atoms with Gasteiger partial charge in [-0.25, -0.2) is 0 Å². The number of fused-ring (bicyclic) bond motifs is 1. The van der Waals surface area contributed by atoms with E-state index in [0.717, 1.165) is 0 Å². The summed E-state index contributed by atoms with van der Waals surface area (Å²) in [7, 11) is 0. The van der Waals surface area contributed by atoms with E-state index >= 15 is 0 Å². The highest BCUT2D eigenvalue weighted by Crippen LogP contribution is 2.22. The third-order valence-corrected chi connectivity index (χ3v) is 4.84. The van der Waals surface area contributed by atoms with Crippen LogP contribution in [0, 0.1) is 0 Å². The Balaban J connectivity index is 1.70. The van der Waals surface area contributed by atoms with Gasteiger partial charge in [-0.05, 0) is 43.7 Å². The van der Waals surface area contributed by atoms with E-state index in [0.29, 0.717) is 11.3 Å². The topological polar surface area (TPSA) is 62.8 Å². The molecule has 0 radical (unpaired) electrons. The lowest BCUT2D eigenvalue weighted by Crippen LogP contribution is -2.91. The van der Waals surface area contributed by atoms with Crippen molar-refractivity contribution in [3.05, 3.63) is 77.9 Å². The molecule has 0 spiro atoms. The van der Waals surface area contributed by atoms with Crippen LogP contribution in [0.5, 0.6) is 0 Å². The second-order valence-electron chi connectivity index (χ2n) is 6.96. The maximum atomic E-state index is 12.6. The summed E-state index contributed by atoms with van der Waals surface area (Å²) < 4.78 is 0. The van der Waals surface area contributed by atoms with Crippen molar-refractivity contribution in [2.45, 2.75) is 32.9 Å². The fourth-order valence-corrected chi connectivity index (χ4v) is 3.34. The van der Waals surface area contributed by atoms with Gasteiger partial charge in [0.1, 0.15) is 6.04 Å². The molecule has 0 aliphatic heterocycles. The van der Waals surface area contributed by atoms with Crippen molar-refractivity contribution in [1.29, 1.82) is 0 Å². The summed E-state index contributed by atoms with van der Waals surface area (Å²) in [6, 6.07) is 21.5. The summed E-state index contributed by atoms with van der Waals surface area (Å²) in [6.07, 6.45) is 0. The molecule has 27 heavy (non-hydrogen) atoms. The summed E-state index contributed by atoms with van der Waals surface area (Å²) in [5, 5.41) is 7.39. The molecule has 3 N–H and O–H groups in total. The van der Waals surface area contributed by atoms with E-state index in [4.69, 9.17) is 0 Å². The number of benzene rings is 3. The van der Waals surface area contributed by atoms with E-state index < -0.39 is 0 Å². The van der Waals surface area contributed by atoms with Crippen molar-refractivity contribution in [2.24, 2.45) is 0 Å². The Hall–Kier alpha value is -2.98. The summed E-state index contributed by atoms with van der Waals surface area (Å²) in [6.45, 7) is 5.52. The molecule has 0 aliphatic carbocycles. The van der Waals surface area contributed by atoms with Gasteiger partial charge in [0.2, 0.25) is 0 Å². The summed E-state index contributed by atoms with van der Waals surface area (Å²) in [4.78, 5) is 24.1. The highest BCUT2D eigenvalue weighted by molar-refractivity contribution is 5.98. The van der Waals surface area contributed by atoms with Crippen LogP contribution >= 0.6 is 0 Å². The van der Waals surface area contributed by atoms with E-state index in [2.05, 4.69) is 47.9 Å². The number of quaternary nitrogens is 1. The first-order chi connectivity index (χ1) is 13.0. The standard InChI is InChI=1S/C23H24N2O2/c1-15(21-13-7-9-18-8-4-5-12-22(18)21)24-16(2)23(27)25-20-11-6-10-19(14-20)17(3)26/h4-16,24H,1-3H3,(H,25,27)/p+1/t15-,16-/m0/s1. The zero-order chi connectivity index (χ0) is 19.4. The maximum Gasteiger partial charge on any atom is 0.282 e. The van der Waals surface area contributed by atoms with Gasteiger partial charge in [-0.15, -0.1) is 0 Å². The minimum atomic E-state index is -0.264. The Kier molecular flexibility index (Phi) is 5.67. The molecule has 4 nitrogen and oxygen atoms in total. The molecule has 4 heteroatoms. The monoisotopic (exact) mass is 361 g/mol. The first kappa shape index (κ1) is 18.8. The molecule has 2 atom stereocenters. The SMILES string of the molecule is CC(=O)c1cccc(NC(=O)[C@H](C)[NH2+][C@@H](C)c2cccc3ccccc23)c1. The van der Waals surface area contributed by atoms with Gasteiger partial charge in [0, 0.05) is 16.8 Å². The highest BCUT2D eigenvalue weighted by atomic mass is 16.2. The van der Waals surface area contributed by atoms with Crippen LogP contribution in [0.4, 0.5) is 5.69 Å². The smallest absolute Gasteiger partial charge is 0.282 e. The molecule has 3 rings (SSSR count). The Labute approximate surface area is 159 Å². The predicted molar refractivity (Wildman–Crippen MR) is 109 cm³/mol. The van der Waals surface area contributed by atoms with Crippen LogP contribution in [0.1, 0.15) is 42.7 Å². The minimum Gasteiger partial charge on any atom is -0.330 e. The van der Waals surface area contributed by atoms with E-state index in [-0.39, 0.29) is 23.8 Å². The van der Waals surface area contributed by atoms with Crippen LogP contribution in [0.15, 0.2) is 66.7 Å². The number of carbonyl (C=O) groups is 2. The van der Waals surface area contributed by atoms with Gasteiger partial charge >= 0.3 is 0 Å². The zero-order valence-electron chi connectivity index (χ0n) is 15.9. The van der Waals surface area contributed by atoms with E-state index in [9.17, 15) is 9.59 Å². The molecule has 3 aromatic carbocycles. The number of hydrogen-bond donors (Lipinski definition) is 2. The summed E-state index contributed by atoms with van der Waals surface area (Å²) in [5.74, 6) is -0.0990. The van der Waals surface area contributed by atoms with Crippen molar-refractivity contribution >= 4 is 28.2 Å². The first-order valence-electron chi connectivity index (χ1n) is 9.20. The van der Waals surface area contributed by atoms with Crippen LogP contribution in [0.2, 0.25) is 0 Å². The van der Waals surface area contributed by atoms with Gasteiger partial charge in [-0.1, -0.05) is 54.6 Å². The number of carbonyl (C=O) groups excluding carboxylic acids is 2. The molecule has 0 unspecified atom stereocenters.